The Bertz CT molecular complexity index is 572. The average molecular weight is 263 g/mol. The number of carboxylic acids is 1. The van der Waals surface area contributed by atoms with Crippen LogP contribution in [0.2, 0.25) is 0 Å². The first-order valence-electron chi connectivity index (χ1n) is 6.02. The molecule has 0 radical (unpaired) electrons. The second-order valence-corrected chi connectivity index (χ2v) is 4.39. The van der Waals surface area contributed by atoms with Crippen LogP contribution in [0.5, 0.6) is 0 Å². The van der Waals surface area contributed by atoms with Gasteiger partial charge in [-0.25, -0.2) is 4.79 Å². The van der Waals surface area contributed by atoms with Crippen LogP contribution in [0.25, 0.3) is 0 Å². The van der Waals surface area contributed by atoms with Crippen molar-refractivity contribution in [2.24, 2.45) is 7.05 Å². The minimum atomic E-state index is -0.951. The Labute approximate surface area is 110 Å². The molecule has 0 amide bonds. The number of nitrogens with one attached hydrogen (secondary N) is 1. The molecule has 0 saturated carbocycles. The highest BCUT2D eigenvalue weighted by atomic mass is 16.4. The molecular weight excluding hydrogens is 246 g/mol. The van der Waals surface area contributed by atoms with Crippen LogP contribution in [0.3, 0.4) is 0 Å². The van der Waals surface area contributed by atoms with E-state index in [9.17, 15) is 4.79 Å². The van der Waals surface area contributed by atoms with E-state index in [0.29, 0.717) is 18.8 Å². The van der Waals surface area contributed by atoms with Gasteiger partial charge in [-0.2, -0.15) is 10.2 Å². The third-order valence-corrected chi connectivity index (χ3v) is 2.86. The fourth-order valence-corrected chi connectivity index (χ4v) is 1.84. The van der Waals surface area contributed by atoms with Crippen LogP contribution < -0.4 is 5.32 Å². The predicted molar refractivity (Wildman–Crippen MR) is 68.8 cm³/mol. The lowest BCUT2D eigenvalue weighted by Crippen LogP contribution is -2.22. The maximum atomic E-state index is 11.0. The first kappa shape index (κ1) is 13.3. The maximum absolute atomic E-state index is 11.0. The van der Waals surface area contributed by atoms with Crippen LogP contribution >= 0.6 is 0 Å². The minimum Gasteiger partial charge on any atom is -0.478 e. The minimum absolute atomic E-state index is 0.241. The smallest absolute Gasteiger partial charge is 0.339 e. The van der Waals surface area contributed by atoms with Crippen molar-refractivity contribution in [3.05, 3.63) is 35.4 Å². The molecule has 7 nitrogen and oxygen atoms in total. The van der Waals surface area contributed by atoms with Gasteiger partial charge < -0.3 is 10.4 Å². The second kappa shape index (κ2) is 5.66. The van der Waals surface area contributed by atoms with Gasteiger partial charge in [-0.05, 0) is 12.5 Å². The van der Waals surface area contributed by atoms with Gasteiger partial charge in [0.15, 0.2) is 0 Å². The summed E-state index contributed by atoms with van der Waals surface area (Å²) in [6, 6.07) is 0. The Morgan fingerprint density at radius 1 is 1.42 bits per heavy atom. The monoisotopic (exact) mass is 263 g/mol. The SMILES string of the molecule is Cc1cnn(CCNCc2c(C(=O)O)cnn2C)c1. The van der Waals surface area contributed by atoms with E-state index in [0.717, 1.165) is 12.1 Å². The van der Waals surface area contributed by atoms with E-state index in [1.165, 1.54) is 6.20 Å². The van der Waals surface area contributed by atoms with Crippen molar-refractivity contribution in [3.63, 3.8) is 0 Å². The number of hydrogen-bond donors (Lipinski definition) is 2. The standard InChI is InChI=1S/C12H17N5O2/c1-9-5-15-17(8-9)4-3-13-7-11-10(12(18)19)6-14-16(11)2/h5-6,8,13H,3-4,7H2,1-2H3,(H,18,19). The molecular formula is C12H17N5O2. The van der Waals surface area contributed by atoms with E-state index in [4.69, 9.17) is 5.11 Å². The molecule has 2 aromatic rings. The molecule has 0 aliphatic heterocycles. The topological polar surface area (TPSA) is 85.0 Å². The molecule has 0 bridgehead atoms. The van der Waals surface area contributed by atoms with Gasteiger partial charge in [0.2, 0.25) is 0 Å². The molecule has 7 heteroatoms. The van der Waals surface area contributed by atoms with Crippen molar-refractivity contribution in [3.8, 4) is 0 Å². The van der Waals surface area contributed by atoms with Crippen LogP contribution in [-0.4, -0.2) is 37.2 Å². The number of carboxylic acid groups (broad SMARTS) is 1. The second-order valence-electron chi connectivity index (χ2n) is 4.39. The molecule has 2 heterocycles. The molecule has 0 unspecified atom stereocenters. The lowest BCUT2D eigenvalue weighted by molar-refractivity contribution is 0.0695. The molecule has 0 atom stereocenters. The first-order valence-corrected chi connectivity index (χ1v) is 6.02. The molecule has 19 heavy (non-hydrogen) atoms. The summed E-state index contributed by atoms with van der Waals surface area (Å²) in [5, 5.41) is 20.4. The van der Waals surface area contributed by atoms with E-state index < -0.39 is 5.97 Å². The molecule has 102 valence electrons. The molecule has 0 fully saturated rings. The van der Waals surface area contributed by atoms with E-state index in [-0.39, 0.29) is 5.56 Å². The third kappa shape index (κ3) is 3.19. The molecule has 0 aromatic carbocycles. The zero-order chi connectivity index (χ0) is 13.8. The van der Waals surface area contributed by atoms with Crippen LogP contribution in [0, 0.1) is 6.92 Å². The van der Waals surface area contributed by atoms with Crippen molar-refractivity contribution in [1.29, 1.82) is 0 Å². The highest BCUT2D eigenvalue weighted by molar-refractivity contribution is 5.88. The quantitative estimate of drug-likeness (QED) is 0.737. The highest BCUT2D eigenvalue weighted by Gasteiger charge is 2.14. The summed E-state index contributed by atoms with van der Waals surface area (Å²) in [5.41, 5.74) is 2.04. The Morgan fingerprint density at radius 2 is 2.21 bits per heavy atom. The van der Waals surface area contributed by atoms with Gasteiger partial charge in [-0.1, -0.05) is 0 Å². The van der Waals surface area contributed by atoms with Crippen LogP contribution in [0.1, 0.15) is 21.6 Å². The lowest BCUT2D eigenvalue weighted by Gasteiger charge is -2.06. The average Bonchev–Trinajstić information content (AvgIpc) is 2.92. The van der Waals surface area contributed by atoms with Crippen molar-refractivity contribution >= 4 is 5.97 Å². The summed E-state index contributed by atoms with van der Waals surface area (Å²) in [6.07, 6.45) is 5.15. The Hall–Kier alpha value is -2.15. The zero-order valence-corrected chi connectivity index (χ0v) is 11.0. The number of hydrogen-bond acceptors (Lipinski definition) is 4. The summed E-state index contributed by atoms with van der Waals surface area (Å²) >= 11 is 0. The van der Waals surface area contributed by atoms with Gasteiger partial charge in [0.25, 0.3) is 0 Å². The fraction of sp³-hybridized carbons (Fsp3) is 0.417. The normalized spacial score (nSPS) is 10.8. The number of aromatic carboxylic acids is 1. The summed E-state index contributed by atoms with van der Waals surface area (Å²) < 4.78 is 3.43. The third-order valence-electron chi connectivity index (χ3n) is 2.86. The summed E-state index contributed by atoms with van der Waals surface area (Å²) in [5.74, 6) is -0.951. The predicted octanol–water partition coefficient (Wildman–Crippen LogP) is 0.413. The lowest BCUT2D eigenvalue weighted by atomic mass is 10.2. The van der Waals surface area contributed by atoms with Crippen molar-refractivity contribution < 1.29 is 9.90 Å². The fourth-order valence-electron chi connectivity index (χ4n) is 1.84. The molecule has 0 saturated heterocycles. The molecule has 2 N–H and O–H groups in total. The molecule has 2 aromatic heterocycles. The van der Waals surface area contributed by atoms with E-state index in [1.54, 1.807) is 11.7 Å². The van der Waals surface area contributed by atoms with Crippen molar-refractivity contribution in [2.75, 3.05) is 6.54 Å². The summed E-state index contributed by atoms with van der Waals surface area (Å²) in [6.45, 7) is 3.92. The van der Waals surface area contributed by atoms with Gasteiger partial charge in [0, 0.05) is 26.3 Å². The number of nitrogens with zero attached hydrogens (tertiary/aromatic N) is 4. The summed E-state index contributed by atoms with van der Waals surface area (Å²) in [7, 11) is 1.74. The largest absolute Gasteiger partial charge is 0.478 e. The zero-order valence-electron chi connectivity index (χ0n) is 11.0. The number of rotatable bonds is 6. The number of aromatic nitrogens is 4. The molecule has 0 aliphatic rings. The number of carbonyl (C=O) groups is 1. The van der Waals surface area contributed by atoms with Crippen molar-refractivity contribution in [1.82, 2.24) is 24.9 Å². The van der Waals surface area contributed by atoms with Crippen LogP contribution in [0.4, 0.5) is 0 Å². The molecule has 0 spiro atoms. The Kier molecular flexibility index (Phi) is 3.96. The van der Waals surface area contributed by atoms with Gasteiger partial charge in [-0.3, -0.25) is 9.36 Å². The van der Waals surface area contributed by atoms with E-state index >= 15 is 0 Å². The Morgan fingerprint density at radius 3 is 2.84 bits per heavy atom. The van der Waals surface area contributed by atoms with E-state index in [2.05, 4.69) is 15.5 Å². The van der Waals surface area contributed by atoms with Crippen LogP contribution in [-0.2, 0) is 20.1 Å². The van der Waals surface area contributed by atoms with Gasteiger partial charge in [0.1, 0.15) is 5.56 Å². The molecule has 2 rings (SSSR count). The highest BCUT2D eigenvalue weighted by Crippen LogP contribution is 2.06. The van der Waals surface area contributed by atoms with Crippen LogP contribution in [0.15, 0.2) is 18.6 Å². The number of aryl methyl sites for hydroxylation is 2. The summed E-state index contributed by atoms with van der Waals surface area (Å²) in [4.78, 5) is 11.0. The first-order chi connectivity index (χ1) is 9.08. The molecule has 0 aliphatic carbocycles. The van der Waals surface area contributed by atoms with Gasteiger partial charge in [0.05, 0.1) is 24.6 Å². The van der Waals surface area contributed by atoms with Crippen molar-refractivity contribution in [2.45, 2.75) is 20.0 Å². The Balaban J connectivity index is 1.86. The van der Waals surface area contributed by atoms with Gasteiger partial charge in [-0.15, -0.1) is 0 Å². The maximum Gasteiger partial charge on any atom is 0.339 e. The van der Waals surface area contributed by atoms with E-state index in [1.807, 2.05) is 24.0 Å². The van der Waals surface area contributed by atoms with Gasteiger partial charge >= 0.3 is 5.97 Å².